The van der Waals surface area contributed by atoms with Gasteiger partial charge in [-0.1, -0.05) is 12.1 Å². The number of hydrogen-bond acceptors (Lipinski definition) is 5. The number of carbonyl (C=O) groups excluding carboxylic acids is 1. The number of nitrogens with zero attached hydrogens (tertiary/aromatic N) is 4. The van der Waals surface area contributed by atoms with Gasteiger partial charge in [0, 0.05) is 6.20 Å². The van der Waals surface area contributed by atoms with Gasteiger partial charge in [-0.3, -0.25) is 4.79 Å². The fraction of sp³-hybridized carbons (Fsp3) is 0.158. The average Bonchev–Trinajstić information content (AvgIpc) is 3.08. The molecule has 0 aliphatic rings. The average molecular weight is 401 g/mol. The first-order valence-corrected chi connectivity index (χ1v) is 8.32. The number of hydrogen-bond donors (Lipinski definition) is 2. The summed E-state index contributed by atoms with van der Waals surface area (Å²) in [6.07, 6.45) is -2.05. The van der Waals surface area contributed by atoms with Gasteiger partial charge in [0.15, 0.2) is 5.82 Å². The minimum absolute atomic E-state index is 0.0659. The van der Waals surface area contributed by atoms with Crippen LogP contribution in [0.1, 0.15) is 22.8 Å². The minimum Gasteiger partial charge on any atom is -0.493 e. The van der Waals surface area contributed by atoms with E-state index in [1.807, 2.05) is 11.4 Å². The molecular weight excluding hydrogens is 387 g/mol. The zero-order valence-electron chi connectivity index (χ0n) is 15.0. The SMILES string of the molecule is CC(NC(=O)c1ccc(-n2ncc(-c3ccc(C#N)cc3)c2O)nc1)C(F)(F)F. The smallest absolute Gasteiger partial charge is 0.408 e. The first-order chi connectivity index (χ1) is 13.7. The van der Waals surface area contributed by atoms with E-state index in [2.05, 4.69) is 10.1 Å². The highest BCUT2D eigenvalue weighted by molar-refractivity contribution is 5.94. The van der Waals surface area contributed by atoms with E-state index >= 15 is 0 Å². The van der Waals surface area contributed by atoms with Crippen LogP contribution in [0.15, 0.2) is 48.8 Å². The molecule has 29 heavy (non-hydrogen) atoms. The number of amides is 1. The van der Waals surface area contributed by atoms with Gasteiger partial charge < -0.3 is 10.4 Å². The summed E-state index contributed by atoms with van der Waals surface area (Å²) in [6, 6.07) is 9.13. The number of nitriles is 1. The van der Waals surface area contributed by atoms with Crippen LogP contribution in [0.2, 0.25) is 0 Å². The second kappa shape index (κ2) is 7.63. The molecule has 1 amide bonds. The predicted molar refractivity (Wildman–Crippen MR) is 96.2 cm³/mol. The van der Waals surface area contributed by atoms with Gasteiger partial charge >= 0.3 is 6.18 Å². The summed E-state index contributed by atoms with van der Waals surface area (Å²) in [5, 5.41) is 25.2. The Kier molecular flexibility index (Phi) is 5.23. The number of rotatable bonds is 4. The number of halogens is 3. The summed E-state index contributed by atoms with van der Waals surface area (Å²) in [7, 11) is 0. The third-order valence-corrected chi connectivity index (χ3v) is 4.13. The van der Waals surface area contributed by atoms with Crippen molar-refractivity contribution in [2.45, 2.75) is 19.1 Å². The highest BCUT2D eigenvalue weighted by Crippen LogP contribution is 2.30. The molecule has 0 bridgehead atoms. The molecule has 0 aliphatic heterocycles. The van der Waals surface area contributed by atoms with Gasteiger partial charge in [0.05, 0.1) is 29.0 Å². The van der Waals surface area contributed by atoms with Gasteiger partial charge in [0.25, 0.3) is 5.91 Å². The molecule has 0 fully saturated rings. The van der Waals surface area contributed by atoms with E-state index in [0.29, 0.717) is 16.7 Å². The van der Waals surface area contributed by atoms with E-state index in [-0.39, 0.29) is 17.3 Å². The van der Waals surface area contributed by atoms with Crippen LogP contribution in [-0.4, -0.2) is 38.0 Å². The largest absolute Gasteiger partial charge is 0.493 e. The fourth-order valence-corrected chi connectivity index (χ4v) is 2.45. The second-order valence-corrected chi connectivity index (χ2v) is 6.12. The maximum absolute atomic E-state index is 12.6. The number of carbonyl (C=O) groups is 1. The first kappa shape index (κ1) is 19.9. The zero-order chi connectivity index (χ0) is 21.2. The second-order valence-electron chi connectivity index (χ2n) is 6.12. The fourth-order valence-electron chi connectivity index (χ4n) is 2.45. The molecule has 3 rings (SSSR count). The van der Waals surface area contributed by atoms with Gasteiger partial charge in [-0.2, -0.15) is 28.2 Å². The summed E-state index contributed by atoms with van der Waals surface area (Å²) in [6.45, 7) is 0.839. The van der Waals surface area contributed by atoms with E-state index in [1.165, 1.54) is 18.3 Å². The highest BCUT2D eigenvalue weighted by atomic mass is 19.4. The number of nitrogens with one attached hydrogen (secondary N) is 1. The number of aromatic hydroxyl groups is 1. The minimum atomic E-state index is -4.55. The Hall–Kier alpha value is -3.87. The van der Waals surface area contributed by atoms with Crippen LogP contribution >= 0.6 is 0 Å². The molecule has 3 aromatic rings. The molecule has 0 saturated carbocycles. The van der Waals surface area contributed by atoms with Crippen LogP contribution in [0.5, 0.6) is 5.88 Å². The maximum Gasteiger partial charge on any atom is 0.408 e. The van der Waals surface area contributed by atoms with Crippen molar-refractivity contribution in [3.63, 3.8) is 0 Å². The number of alkyl halides is 3. The molecule has 0 spiro atoms. The van der Waals surface area contributed by atoms with Crippen LogP contribution in [0, 0.1) is 11.3 Å². The Bertz CT molecular complexity index is 1070. The lowest BCUT2D eigenvalue weighted by Crippen LogP contribution is -2.43. The number of pyridine rings is 1. The molecule has 2 N–H and O–H groups in total. The van der Waals surface area contributed by atoms with E-state index in [4.69, 9.17) is 5.26 Å². The van der Waals surface area contributed by atoms with E-state index < -0.39 is 18.1 Å². The molecule has 0 aliphatic carbocycles. The van der Waals surface area contributed by atoms with Crippen molar-refractivity contribution in [1.29, 1.82) is 5.26 Å². The summed E-state index contributed by atoms with van der Waals surface area (Å²) < 4.78 is 38.8. The van der Waals surface area contributed by atoms with Crippen LogP contribution in [-0.2, 0) is 0 Å². The lowest BCUT2D eigenvalue weighted by atomic mass is 10.1. The summed E-state index contributed by atoms with van der Waals surface area (Å²) in [5.74, 6) is -0.968. The van der Waals surface area contributed by atoms with Gasteiger partial charge in [-0.15, -0.1) is 0 Å². The van der Waals surface area contributed by atoms with Gasteiger partial charge in [-0.25, -0.2) is 4.98 Å². The third kappa shape index (κ3) is 4.19. The molecule has 2 aromatic heterocycles. The zero-order valence-corrected chi connectivity index (χ0v) is 15.0. The quantitative estimate of drug-likeness (QED) is 0.699. The lowest BCUT2D eigenvalue weighted by molar-refractivity contribution is -0.149. The molecular formula is C19H14F3N5O2. The Morgan fingerprint density at radius 1 is 1.21 bits per heavy atom. The van der Waals surface area contributed by atoms with Crippen LogP contribution in [0.4, 0.5) is 13.2 Å². The van der Waals surface area contributed by atoms with Crippen molar-refractivity contribution >= 4 is 5.91 Å². The topological polar surface area (TPSA) is 104 Å². The molecule has 7 nitrogen and oxygen atoms in total. The molecule has 1 atom stereocenters. The molecule has 148 valence electrons. The molecule has 2 heterocycles. The predicted octanol–water partition coefficient (Wildman–Crippen LogP) is 3.19. The first-order valence-electron chi connectivity index (χ1n) is 8.32. The van der Waals surface area contributed by atoms with Gasteiger partial charge in [-0.05, 0) is 36.8 Å². The molecule has 0 saturated heterocycles. The van der Waals surface area contributed by atoms with Crippen molar-refractivity contribution in [2.24, 2.45) is 0 Å². The van der Waals surface area contributed by atoms with Crippen molar-refractivity contribution in [1.82, 2.24) is 20.1 Å². The van der Waals surface area contributed by atoms with Crippen molar-refractivity contribution in [3.05, 3.63) is 59.9 Å². The highest BCUT2D eigenvalue weighted by Gasteiger charge is 2.37. The summed E-state index contributed by atoms with van der Waals surface area (Å²) >= 11 is 0. The maximum atomic E-state index is 12.6. The third-order valence-electron chi connectivity index (χ3n) is 4.13. The standard InChI is InChI=1S/C19H14F3N5O2/c1-11(19(20,21)22)26-17(28)14-6-7-16(24-9-14)27-18(29)15(10-25-27)13-4-2-12(8-23)3-5-13/h2-7,9-11,29H,1H3,(H,26,28). The molecule has 0 radical (unpaired) electrons. The van der Waals surface area contributed by atoms with Crippen molar-refractivity contribution in [3.8, 4) is 28.9 Å². The Morgan fingerprint density at radius 2 is 1.90 bits per heavy atom. The Labute approximate surface area is 163 Å². The number of aromatic nitrogens is 3. The van der Waals surface area contributed by atoms with E-state index in [1.54, 1.807) is 24.3 Å². The monoisotopic (exact) mass is 401 g/mol. The van der Waals surface area contributed by atoms with Crippen molar-refractivity contribution in [2.75, 3.05) is 0 Å². The van der Waals surface area contributed by atoms with Crippen LogP contribution in [0.25, 0.3) is 16.9 Å². The molecule has 10 heteroatoms. The Balaban J connectivity index is 1.81. The van der Waals surface area contributed by atoms with Crippen LogP contribution < -0.4 is 5.32 Å². The summed E-state index contributed by atoms with van der Waals surface area (Å²) in [4.78, 5) is 15.9. The lowest BCUT2D eigenvalue weighted by Gasteiger charge is -2.17. The van der Waals surface area contributed by atoms with Gasteiger partial charge in [0.1, 0.15) is 6.04 Å². The molecule has 1 unspecified atom stereocenters. The van der Waals surface area contributed by atoms with Gasteiger partial charge in [0.2, 0.25) is 5.88 Å². The molecule has 1 aromatic carbocycles. The normalized spacial score (nSPS) is 12.2. The number of benzene rings is 1. The van der Waals surface area contributed by atoms with Crippen molar-refractivity contribution < 1.29 is 23.1 Å². The van der Waals surface area contributed by atoms with E-state index in [0.717, 1.165) is 17.8 Å². The summed E-state index contributed by atoms with van der Waals surface area (Å²) in [5.41, 5.74) is 1.43. The van der Waals surface area contributed by atoms with Crippen LogP contribution in [0.3, 0.4) is 0 Å². The van der Waals surface area contributed by atoms with E-state index in [9.17, 15) is 23.1 Å². The Morgan fingerprint density at radius 3 is 2.45 bits per heavy atom.